The first-order valence-electron chi connectivity index (χ1n) is 7.50. The first-order chi connectivity index (χ1) is 11.2. The van der Waals surface area contributed by atoms with Crippen LogP contribution in [0.3, 0.4) is 0 Å². The highest BCUT2D eigenvalue weighted by molar-refractivity contribution is 5.48. The van der Waals surface area contributed by atoms with Crippen LogP contribution in [0.25, 0.3) is 11.6 Å². The number of ether oxygens (including phenoxy) is 1. The Labute approximate surface area is 134 Å². The molecule has 2 aromatic heterocycles. The molecule has 0 fully saturated rings. The third kappa shape index (κ3) is 3.27. The molecule has 0 amide bonds. The van der Waals surface area contributed by atoms with Crippen molar-refractivity contribution in [1.82, 2.24) is 14.8 Å². The molecule has 0 spiro atoms. The molecule has 120 valence electrons. The highest BCUT2D eigenvalue weighted by atomic mass is 16.5. The van der Waals surface area contributed by atoms with E-state index in [9.17, 15) is 0 Å². The Kier molecular flexibility index (Phi) is 4.43. The molecular weight excluding hydrogens is 294 g/mol. The third-order valence-electron chi connectivity index (χ3n) is 3.56. The predicted molar refractivity (Wildman–Crippen MR) is 85.1 cm³/mol. The summed E-state index contributed by atoms with van der Waals surface area (Å²) in [5.74, 6) is 3.36. The minimum Gasteiger partial charge on any atom is -0.497 e. The lowest BCUT2D eigenvalue weighted by atomic mass is 10.2. The molecule has 1 aromatic carbocycles. The molecule has 0 bridgehead atoms. The number of rotatable bonds is 6. The maximum Gasteiger partial charge on any atom is 0.194 e. The summed E-state index contributed by atoms with van der Waals surface area (Å²) < 4.78 is 12.6. The fourth-order valence-electron chi connectivity index (χ4n) is 2.32. The Balaban J connectivity index is 1.92. The van der Waals surface area contributed by atoms with E-state index in [1.54, 1.807) is 19.2 Å². The van der Waals surface area contributed by atoms with Gasteiger partial charge in [0.25, 0.3) is 0 Å². The van der Waals surface area contributed by atoms with Gasteiger partial charge in [-0.15, -0.1) is 0 Å². The number of methoxy groups -OCH3 is 1. The molecule has 0 saturated heterocycles. The van der Waals surface area contributed by atoms with Gasteiger partial charge in [-0.3, -0.25) is 0 Å². The van der Waals surface area contributed by atoms with Crippen LogP contribution in [0.1, 0.15) is 24.1 Å². The molecular formula is C17H19N3O3. The number of aryl methyl sites for hydroxylation is 1. The highest BCUT2D eigenvalue weighted by Gasteiger charge is 2.15. The zero-order valence-corrected chi connectivity index (χ0v) is 13.2. The number of hydrogen-bond acceptors (Lipinski definition) is 5. The van der Waals surface area contributed by atoms with Crippen molar-refractivity contribution < 1.29 is 14.3 Å². The minimum atomic E-state index is -0.132. The van der Waals surface area contributed by atoms with Crippen molar-refractivity contribution in [2.24, 2.45) is 0 Å². The van der Waals surface area contributed by atoms with Gasteiger partial charge < -0.3 is 14.3 Å². The number of aromatic nitrogens is 3. The summed E-state index contributed by atoms with van der Waals surface area (Å²) in [6.07, 6.45) is 0.746. The molecule has 2 heterocycles. The van der Waals surface area contributed by atoms with E-state index in [1.165, 1.54) is 0 Å². The molecule has 0 aliphatic carbocycles. The summed E-state index contributed by atoms with van der Waals surface area (Å²) in [6.45, 7) is 2.47. The molecule has 3 aromatic rings. The third-order valence-corrected chi connectivity index (χ3v) is 3.56. The van der Waals surface area contributed by atoms with Crippen molar-refractivity contribution in [1.29, 1.82) is 0 Å². The molecule has 23 heavy (non-hydrogen) atoms. The second-order valence-corrected chi connectivity index (χ2v) is 5.13. The van der Waals surface area contributed by atoms with Gasteiger partial charge >= 0.3 is 0 Å². The van der Waals surface area contributed by atoms with Crippen LogP contribution >= 0.6 is 0 Å². The number of aliphatic hydroxyl groups excluding tert-OH is 1. The van der Waals surface area contributed by atoms with E-state index in [4.69, 9.17) is 14.3 Å². The first kappa shape index (κ1) is 15.3. The largest absolute Gasteiger partial charge is 0.497 e. The first-order valence-corrected chi connectivity index (χ1v) is 7.50. The lowest BCUT2D eigenvalue weighted by Gasteiger charge is -2.06. The van der Waals surface area contributed by atoms with Crippen LogP contribution in [0.2, 0.25) is 0 Å². The molecule has 0 unspecified atom stereocenters. The second-order valence-electron chi connectivity index (χ2n) is 5.13. The zero-order chi connectivity index (χ0) is 16.2. The number of aliphatic hydroxyl groups is 1. The standard InChI is InChI=1S/C17H19N3O3/c1-3-16-18-17(15-9-8-14(11-21)23-15)20(19-16)10-12-4-6-13(22-2)7-5-12/h4-9,21H,3,10-11H2,1-2H3. The van der Waals surface area contributed by atoms with Crippen LogP contribution in [0.15, 0.2) is 40.8 Å². The van der Waals surface area contributed by atoms with Crippen LogP contribution in [-0.4, -0.2) is 27.0 Å². The Bertz CT molecular complexity index is 775. The maximum absolute atomic E-state index is 9.15. The second kappa shape index (κ2) is 6.66. The summed E-state index contributed by atoms with van der Waals surface area (Å²) in [7, 11) is 1.65. The number of hydrogen-bond donors (Lipinski definition) is 1. The van der Waals surface area contributed by atoms with E-state index >= 15 is 0 Å². The van der Waals surface area contributed by atoms with Crippen molar-refractivity contribution in [3.05, 3.63) is 53.5 Å². The Morgan fingerprint density at radius 2 is 1.96 bits per heavy atom. The quantitative estimate of drug-likeness (QED) is 0.757. The van der Waals surface area contributed by atoms with Crippen molar-refractivity contribution in [2.75, 3.05) is 7.11 Å². The Morgan fingerprint density at radius 3 is 2.57 bits per heavy atom. The zero-order valence-electron chi connectivity index (χ0n) is 13.2. The van der Waals surface area contributed by atoms with Gasteiger partial charge in [-0.2, -0.15) is 5.10 Å². The van der Waals surface area contributed by atoms with Crippen LogP contribution in [-0.2, 0) is 19.6 Å². The summed E-state index contributed by atoms with van der Waals surface area (Å²) in [5.41, 5.74) is 1.09. The van der Waals surface area contributed by atoms with Crippen molar-refractivity contribution in [3.8, 4) is 17.3 Å². The normalized spacial score (nSPS) is 10.9. The Morgan fingerprint density at radius 1 is 1.17 bits per heavy atom. The van der Waals surface area contributed by atoms with Gasteiger partial charge in [0.1, 0.15) is 18.1 Å². The summed E-state index contributed by atoms with van der Waals surface area (Å²) in [4.78, 5) is 4.53. The fraction of sp³-hybridized carbons (Fsp3) is 0.294. The highest BCUT2D eigenvalue weighted by Crippen LogP contribution is 2.22. The summed E-state index contributed by atoms with van der Waals surface area (Å²) in [5, 5.41) is 13.7. The van der Waals surface area contributed by atoms with Gasteiger partial charge in [0, 0.05) is 6.42 Å². The fourth-order valence-corrected chi connectivity index (χ4v) is 2.32. The average molecular weight is 313 g/mol. The molecule has 1 N–H and O–H groups in total. The van der Waals surface area contributed by atoms with Crippen molar-refractivity contribution in [2.45, 2.75) is 26.5 Å². The van der Waals surface area contributed by atoms with Gasteiger partial charge in [-0.1, -0.05) is 19.1 Å². The van der Waals surface area contributed by atoms with Crippen LogP contribution < -0.4 is 4.74 Å². The van der Waals surface area contributed by atoms with E-state index < -0.39 is 0 Å². The van der Waals surface area contributed by atoms with Gasteiger partial charge in [0.05, 0.1) is 13.7 Å². The monoisotopic (exact) mass is 313 g/mol. The van der Waals surface area contributed by atoms with E-state index in [0.29, 0.717) is 23.9 Å². The molecule has 3 rings (SSSR count). The lowest BCUT2D eigenvalue weighted by Crippen LogP contribution is -2.04. The summed E-state index contributed by atoms with van der Waals surface area (Å²) in [6, 6.07) is 11.4. The van der Waals surface area contributed by atoms with Gasteiger partial charge in [-0.05, 0) is 29.8 Å². The SMILES string of the molecule is CCc1nc(-c2ccc(CO)o2)n(Cc2ccc(OC)cc2)n1. The average Bonchev–Trinajstić information content (AvgIpc) is 3.21. The summed E-state index contributed by atoms with van der Waals surface area (Å²) >= 11 is 0. The lowest BCUT2D eigenvalue weighted by molar-refractivity contribution is 0.248. The van der Waals surface area contributed by atoms with Crippen LogP contribution in [0, 0.1) is 0 Å². The topological polar surface area (TPSA) is 73.3 Å². The van der Waals surface area contributed by atoms with E-state index in [-0.39, 0.29) is 6.61 Å². The Hall–Kier alpha value is -2.60. The van der Waals surface area contributed by atoms with Crippen LogP contribution in [0.5, 0.6) is 5.75 Å². The molecule has 0 aliphatic heterocycles. The van der Waals surface area contributed by atoms with E-state index in [2.05, 4.69) is 10.1 Å². The molecule has 6 nitrogen and oxygen atoms in total. The van der Waals surface area contributed by atoms with Gasteiger partial charge in [-0.25, -0.2) is 9.67 Å². The molecule has 0 atom stereocenters. The number of nitrogens with zero attached hydrogens (tertiary/aromatic N) is 3. The van der Waals surface area contributed by atoms with Crippen LogP contribution in [0.4, 0.5) is 0 Å². The maximum atomic E-state index is 9.15. The molecule has 6 heteroatoms. The molecule has 0 aliphatic rings. The minimum absolute atomic E-state index is 0.132. The molecule has 0 radical (unpaired) electrons. The molecule has 0 saturated carbocycles. The van der Waals surface area contributed by atoms with Gasteiger partial charge in [0.15, 0.2) is 17.4 Å². The number of benzene rings is 1. The predicted octanol–water partition coefficient (Wildman–Crippen LogP) is 2.65. The smallest absolute Gasteiger partial charge is 0.194 e. The van der Waals surface area contributed by atoms with Gasteiger partial charge in [0.2, 0.25) is 0 Å². The van der Waals surface area contributed by atoms with E-state index in [0.717, 1.165) is 23.6 Å². The van der Waals surface area contributed by atoms with Crippen molar-refractivity contribution >= 4 is 0 Å². The van der Waals surface area contributed by atoms with E-state index in [1.807, 2.05) is 35.9 Å². The van der Waals surface area contributed by atoms with Crippen molar-refractivity contribution in [3.63, 3.8) is 0 Å². The number of furan rings is 1.